The lowest BCUT2D eigenvalue weighted by atomic mass is 10.0. The molecule has 0 saturated heterocycles. The smallest absolute Gasteiger partial charge is 0.182 e. The first-order valence-corrected chi connectivity index (χ1v) is 7.21. The standard InChI is InChI=1S/C19H19NO/c1-13-8-9-17(14(2)10-13)19(21)12-20-15(3)11-16-6-4-5-7-18(16)20/h4-11H,12H2,1-3H3. The fourth-order valence-electron chi connectivity index (χ4n) is 2.91. The summed E-state index contributed by atoms with van der Waals surface area (Å²) in [5.41, 5.74) is 5.29. The van der Waals surface area contributed by atoms with Crippen LogP contribution in [0.1, 0.15) is 27.2 Å². The summed E-state index contributed by atoms with van der Waals surface area (Å²) < 4.78 is 2.09. The lowest BCUT2D eigenvalue weighted by Gasteiger charge is -2.10. The van der Waals surface area contributed by atoms with Crippen molar-refractivity contribution in [2.45, 2.75) is 27.3 Å². The van der Waals surface area contributed by atoms with Gasteiger partial charge in [0.15, 0.2) is 5.78 Å². The van der Waals surface area contributed by atoms with Crippen molar-refractivity contribution in [3.63, 3.8) is 0 Å². The number of aromatic nitrogens is 1. The molecule has 1 aromatic heterocycles. The van der Waals surface area contributed by atoms with Crippen LogP contribution in [0.15, 0.2) is 48.5 Å². The van der Waals surface area contributed by atoms with Gasteiger partial charge in [-0.25, -0.2) is 0 Å². The van der Waals surface area contributed by atoms with Crippen LogP contribution >= 0.6 is 0 Å². The Labute approximate surface area is 125 Å². The normalized spacial score (nSPS) is 11.0. The van der Waals surface area contributed by atoms with Gasteiger partial charge in [-0.15, -0.1) is 0 Å². The largest absolute Gasteiger partial charge is 0.337 e. The fraction of sp³-hybridized carbons (Fsp3) is 0.211. The molecule has 0 radical (unpaired) electrons. The number of hydrogen-bond acceptors (Lipinski definition) is 1. The van der Waals surface area contributed by atoms with Gasteiger partial charge in [0.25, 0.3) is 0 Å². The number of carbonyl (C=O) groups is 1. The summed E-state index contributed by atoms with van der Waals surface area (Å²) >= 11 is 0. The molecule has 106 valence electrons. The average molecular weight is 277 g/mol. The summed E-state index contributed by atoms with van der Waals surface area (Å²) in [6, 6.07) is 16.3. The third-order valence-electron chi connectivity index (χ3n) is 4.00. The van der Waals surface area contributed by atoms with E-state index in [9.17, 15) is 4.79 Å². The molecule has 0 saturated carbocycles. The van der Waals surface area contributed by atoms with E-state index < -0.39 is 0 Å². The first-order chi connectivity index (χ1) is 10.1. The van der Waals surface area contributed by atoms with E-state index >= 15 is 0 Å². The Morgan fingerprint density at radius 3 is 2.52 bits per heavy atom. The molecule has 0 spiro atoms. The number of benzene rings is 2. The highest BCUT2D eigenvalue weighted by molar-refractivity contribution is 5.98. The molecule has 1 heterocycles. The number of fused-ring (bicyclic) bond motifs is 1. The summed E-state index contributed by atoms with van der Waals surface area (Å²) in [5, 5.41) is 1.18. The summed E-state index contributed by atoms with van der Waals surface area (Å²) in [6.07, 6.45) is 0. The predicted octanol–water partition coefficient (Wildman–Crippen LogP) is 4.45. The van der Waals surface area contributed by atoms with Crippen molar-refractivity contribution in [1.29, 1.82) is 0 Å². The monoisotopic (exact) mass is 277 g/mol. The summed E-state index contributed by atoms with van der Waals surface area (Å²) in [6.45, 7) is 6.49. The maximum atomic E-state index is 12.6. The number of nitrogens with zero attached hydrogens (tertiary/aromatic N) is 1. The van der Waals surface area contributed by atoms with E-state index in [1.807, 2.05) is 38.1 Å². The van der Waals surface area contributed by atoms with Crippen LogP contribution < -0.4 is 0 Å². The van der Waals surface area contributed by atoms with Crippen molar-refractivity contribution in [3.8, 4) is 0 Å². The molecular weight excluding hydrogens is 258 g/mol. The Morgan fingerprint density at radius 2 is 1.76 bits per heavy atom. The second-order valence-corrected chi connectivity index (χ2v) is 5.67. The fourth-order valence-corrected chi connectivity index (χ4v) is 2.91. The topological polar surface area (TPSA) is 22.0 Å². The van der Waals surface area contributed by atoms with Crippen LogP contribution in [0.3, 0.4) is 0 Å². The van der Waals surface area contributed by atoms with E-state index in [1.165, 1.54) is 10.9 Å². The SMILES string of the molecule is Cc1ccc(C(=O)Cn2c(C)cc3ccccc32)c(C)c1. The maximum Gasteiger partial charge on any atom is 0.182 e. The molecule has 0 aliphatic rings. The van der Waals surface area contributed by atoms with Gasteiger partial charge in [0.1, 0.15) is 0 Å². The molecule has 3 rings (SSSR count). The molecule has 0 atom stereocenters. The lowest BCUT2D eigenvalue weighted by molar-refractivity contribution is 0.0972. The van der Waals surface area contributed by atoms with Crippen molar-refractivity contribution in [2.24, 2.45) is 0 Å². The average Bonchev–Trinajstić information content (AvgIpc) is 2.75. The summed E-state index contributed by atoms with van der Waals surface area (Å²) in [7, 11) is 0. The van der Waals surface area contributed by atoms with E-state index in [1.54, 1.807) is 0 Å². The van der Waals surface area contributed by atoms with Gasteiger partial charge in [-0.2, -0.15) is 0 Å². The summed E-state index contributed by atoms with van der Waals surface area (Å²) in [4.78, 5) is 12.6. The Balaban J connectivity index is 1.98. The van der Waals surface area contributed by atoms with Crippen LogP contribution in [0.2, 0.25) is 0 Å². The van der Waals surface area contributed by atoms with Gasteiger partial charge in [0.05, 0.1) is 6.54 Å². The molecule has 2 nitrogen and oxygen atoms in total. The molecule has 0 bridgehead atoms. The minimum atomic E-state index is 0.164. The number of para-hydroxylation sites is 1. The number of carbonyl (C=O) groups excluding carboxylic acids is 1. The zero-order chi connectivity index (χ0) is 15.0. The van der Waals surface area contributed by atoms with Gasteiger partial charge >= 0.3 is 0 Å². The van der Waals surface area contributed by atoms with Gasteiger partial charge in [-0.3, -0.25) is 4.79 Å². The first-order valence-electron chi connectivity index (χ1n) is 7.21. The van der Waals surface area contributed by atoms with Crippen molar-refractivity contribution < 1.29 is 4.79 Å². The van der Waals surface area contributed by atoms with Gasteiger partial charge in [0.2, 0.25) is 0 Å². The number of aryl methyl sites for hydroxylation is 3. The van der Waals surface area contributed by atoms with E-state index in [2.05, 4.69) is 35.8 Å². The van der Waals surface area contributed by atoms with Gasteiger partial charge < -0.3 is 4.57 Å². The van der Waals surface area contributed by atoms with Crippen LogP contribution in [0.4, 0.5) is 0 Å². The van der Waals surface area contributed by atoms with E-state index in [-0.39, 0.29) is 5.78 Å². The van der Waals surface area contributed by atoms with Gasteiger partial charge in [0, 0.05) is 16.8 Å². The number of ketones is 1. The second kappa shape index (κ2) is 5.21. The van der Waals surface area contributed by atoms with Crippen molar-refractivity contribution in [2.75, 3.05) is 0 Å². The highest BCUT2D eigenvalue weighted by atomic mass is 16.1. The highest BCUT2D eigenvalue weighted by Crippen LogP contribution is 2.20. The minimum Gasteiger partial charge on any atom is -0.337 e. The van der Waals surface area contributed by atoms with Gasteiger partial charge in [-0.05, 0) is 43.9 Å². The molecular formula is C19H19NO. The molecule has 0 fully saturated rings. The molecule has 0 amide bonds. The predicted molar refractivity (Wildman–Crippen MR) is 86.9 cm³/mol. The number of rotatable bonds is 3. The highest BCUT2D eigenvalue weighted by Gasteiger charge is 2.13. The van der Waals surface area contributed by atoms with Crippen molar-refractivity contribution in [3.05, 3.63) is 70.9 Å². The molecule has 0 unspecified atom stereocenters. The second-order valence-electron chi connectivity index (χ2n) is 5.67. The molecule has 2 heteroatoms. The van der Waals surface area contributed by atoms with E-state index in [0.29, 0.717) is 6.54 Å². The molecule has 0 aliphatic heterocycles. The zero-order valence-electron chi connectivity index (χ0n) is 12.7. The van der Waals surface area contributed by atoms with Crippen LogP contribution in [0.25, 0.3) is 10.9 Å². The lowest BCUT2D eigenvalue weighted by Crippen LogP contribution is -2.12. The van der Waals surface area contributed by atoms with Crippen molar-refractivity contribution in [1.82, 2.24) is 4.57 Å². The molecule has 0 N–H and O–H groups in total. The number of Topliss-reactive ketones (excluding diaryl/α,β-unsaturated/α-hetero) is 1. The van der Waals surface area contributed by atoms with Crippen LogP contribution in [0.5, 0.6) is 0 Å². The van der Waals surface area contributed by atoms with Crippen LogP contribution in [-0.4, -0.2) is 10.4 Å². The molecule has 3 aromatic rings. The van der Waals surface area contributed by atoms with Gasteiger partial charge in [-0.1, -0.05) is 42.0 Å². The third kappa shape index (κ3) is 2.49. The Hall–Kier alpha value is -2.35. The van der Waals surface area contributed by atoms with Crippen LogP contribution in [0, 0.1) is 20.8 Å². The van der Waals surface area contributed by atoms with Crippen molar-refractivity contribution >= 4 is 16.7 Å². The van der Waals surface area contributed by atoms with E-state index in [4.69, 9.17) is 0 Å². The minimum absolute atomic E-state index is 0.164. The first kappa shape index (κ1) is 13.6. The maximum absolute atomic E-state index is 12.6. The number of hydrogen-bond donors (Lipinski definition) is 0. The Kier molecular flexibility index (Phi) is 3.38. The zero-order valence-corrected chi connectivity index (χ0v) is 12.7. The molecule has 0 aliphatic carbocycles. The molecule has 2 aromatic carbocycles. The quantitative estimate of drug-likeness (QED) is 0.648. The third-order valence-corrected chi connectivity index (χ3v) is 4.00. The van der Waals surface area contributed by atoms with Crippen LogP contribution in [-0.2, 0) is 6.54 Å². The summed E-state index contributed by atoms with van der Waals surface area (Å²) in [5.74, 6) is 0.164. The molecule has 21 heavy (non-hydrogen) atoms. The Morgan fingerprint density at radius 1 is 1.00 bits per heavy atom. The Bertz CT molecular complexity index is 827. The van der Waals surface area contributed by atoms with E-state index in [0.717, 1.165) is 22.3 Å².